The minimum atomic E-state index is -0.334. The van der Waals surface area contributed by atoms with Crippen LogP contribution in [0.15, 0.2) is 24.3 Å². The Bertz CT molecular complexity index is 805. The van der Waals surface area contributed by atoms with Gasteiger partial charge in [-0.3, -0.25) is 14.7 Å². The number of halogens is 2. The number of anilines is 1. The molecule has 0 spiro atoms. The maximum absolute atomic E-state index is 12.8. The minimum absolute atomic E-state index is 0.0853. The molecule has 0 saturated carbocycles. The van der Waals surface area contributed by atoms with Crippen molar-refractivity contribution in [3.63, 3.8) is 0 Å². The number of aromatic nitrogens is 2. The van der Waals surface area contributed by atoms with Crippen LogP contribution in [0.2, 0.25) is 10.0 Å². The van der Waals surface area contributed by atoms with Gasteiger partial charge in [-0.15, -0.1) is 0 Å². The van der Waals surface area contributed by atoms with Crippen molar-refractivity contribution < 1.29 is 9.59 Å². The molecule has 1 aromatic heterocycles. The number of aromatic amines is 1. The predicted molar refractivity (Wildman–Crippen MR) is 108 cm³/mol. The Kier molecular flexibility index (Phi) is 7.68. The van der Waals surface area contributed by atoms with Gasteiger partial charge in [-0.25, -0.2) is 0 Å². The number of benzene rings is 1. The lowest BCUT2D eigenvalue weighted by atomic mass is 10.1. The number of H-pyrrole nitrogens is 1. The lowest BCUT2D eigenvalue weighted by molar-refractivity contribution is -0.116. The molecule has 0 saturated heterocycles. The van der Waals surface area contributed by atoms with Crippen LogP contribution in [0, 0.1) is 5.92 Å². The van der Waals surface area contributed by atoms with Crippen LogP contribution in [-0.4, -0.2) is 40.0 Å². The van der Waals surface area contributed by atoms with Gasteiger partial charge < -0.3 is 10.2 Å². The molecule has 2 amide bonds. The summed E-state index contributed by atoms with van der Waals surface area (Å²) < 4.78 is 0. The summed E-state index contributed by atoms with van der Waals surface area (Å²) in [5.74, 6) is -0.158. The summed E-state index contributed by atoms with van der Waals surface area (Å²) in [5.41, 5.74) is 1.67. The number of carbonyl (C=O) groups excluding carboxylic acids is 2. The Morgan fingerprint density at radius 1 is 1.26 bits per heavy atom. The Morgan fingerprint density at radius 3 is 2.63 bits per heavy atom. The molecule has 0 fully saturated rings. The minimum Gasteiger partial charge on any atom is -0.328 e. The van der Waals surface area contributed by atoms with Crippen LogP contribution >= 0.6 is 23.2 Å². The maximum Gasteiger partial charge on any atom is 0.274 e. The molecular formula is C19H24Cl2N4O2. The molecular weight excluding hydrogens is 387 g/mol. The van der Waals surface area contributed by atoms with E-state index in [-0.39, 0.29) is 18.4 Å². The average Bonchev–Trinajstić information content (AvgIpc) is 3.04. The zero-order chi connectivity index (χ0) is 20.0. The average molecular weight is 411 g/mol. The molecule has 1 heterocycles. The van der Waals surface area contributed by atoms with Crippen molar-refractivity contribution in [2.75, 3.05) is 18.4 Å². The van der Waals surface area contributed by atoms with Gasteiger partial charge in [0, 0.05) is 17.3 Å². The van der Waals surface area contributed by atoms with Crippen LogP contribution in [0.25, 0.3) is 0 Å². The first kappa shape index (κ1) is 21.3. The predicted octanol–water partition coefficient (Wildman–Crippen LogP) is 4.41. The van der Waals surface area contributed by atoms with Crippen molar-refractivity contribution in [3.05, 3.63) is 45.7 Å². The number of amides is 2. The van der Waals surface area contributed by atoms with Gasteiger partial charge in [0.2, 0.25) is 5.91 Å². The van der Waals surface area contributed by atoms with Crippen LogP contribution < -0.4 is 5.32 Å². The van der Waals surface area contributed by atoms with E-state index in [9.17, 15) is 9.59 Å². The number of nitrogens with one attached hydrogen (secondary N) is 2. The van der Waals surface area contributed by atoms with Gasteiger partial charge in [0.1, 0.15) is 12.2 Å². The van der Waals surface area contributed by atoms with Crippen molar-refractivity contribution in [3.8, 4) is 0 Å². The molecule has 0 bridgehead atoms. The smallest absolute Gasteiger partial charge is 0.274 e. The Morgan fingerprint density at radius 2 is 2.00 bits per heavy atom. The normalized spacial score (nSPS) is 10.9. The van der Waals surface area contributed by atoms with Gasteiger partial charge in [0.15, 0.2) is 0 Å². The first-order chi connectivity index (χ1) is 12.8. The van der Waals surface area contributed by atoms with E-state index in [2.05, 4.69) is 29.4 Å². The number of nitrogens with zero attached hydrogens (tertiary/aromatic N) is 2. The molecule has 2 aromatic rings. The van der Waals surface area contributed by atoms with Gasteiger partial charge in [-0.05, 0) is 43.0 Å². The lowest BCUT2D eigenvalue weighted by Crippen LogP contribution is -2.38. The third-order valence-electron chi connectivity index (χ3n) is 3.80. The Labute approximate surface area is 169 Å². The summed E-state index contributed by atoms with van der Waals surface area (Å²) in [6.07, 6.45) is 1.54. The molecule has 6 nitrogen and oxygen atoms in total. The summed E-state index contributed by atoms with van der Waals surface area (Å²) in [5, 5.41) is 10.5. The molecule has 0 aliphatic carbocycles. The van der Waals surface area contributed by atoms with Gasteiger partial charge in [0.25, 0.3) is 5.91 Å². The van der Waals surface area contributed by atoms with Crippen LogP contribution in [0.3, 0.4) is 0 Å². The summed E-state index contributed by atoms with van der Waals surface area (Å²) in [6.45, 7) is 6.50. The molecule has 27 heavy (non-hydrogen) atoms. The summed E-state index contributed by atoms with van der Waals surface area (Å²) in [6, 6.07) is 6.56. The van der Waals surface area contributed by atoms with Gasteiger partial charge in [0.05, 0.1) is 10.7 Å². The molecule has 2 N–H and O–H groups in total. The van der Waals surface area contributed by atoms with Crippen molar-refractivity contribution in [2.24, 2.45) is 5.92 Å². The van der Waals surface area contributed by atoms with E-state index in [1.54, 1.807) is 24.3 Å². The highest BCUT2D eigenvalue weighted by Crippen LogP contribution is 2.25. The van der Waals surface area contributed by atoms with Crippen LogP contribution in [0.5, 0.6) is 0 Å². The molecule has 0 aliphatic rings. The van der Waals surface area contributed by atoms with Crippen molar-refractivity contribution >= 4 is 40.7 Å². The van der Waals surface area contributed by atoms with Gasteiger partial charge in [-0.1, -0.05) is 44.0 Å². The van der Waals surface area contributed by atoms with E-state index in [1.165, 1.54) is 4.90 Å². The van der Waals surface area contributed by atoms with Crippen LogP contribution in [0.1, 0.15) is 43.4 Å². The number of rotatable bonds is 8. The summed E-state index contributed by atoms with van der Waals surface area (Å²) in [4.78, 5) is 26.6. The van der Waals surface area contributed by atoms with E-state index in [0.29, 0.717) is 33.9 Å². The second-order valence-corrected chi connectivity index (χ2v) is 7.62. The van der Waals surface area contributed by atoms with Crippen molar-refractivity contribution in [1.29, 1.82) is 0 Å². The first-order valence-corrected chi connectivity index (χ1v) is 9.64. The highest BCUT2D eigenvalue weighted by Gasteiger charge is 2.21. The van der Waals surface area contributed by atoms with Crippen molar-refractivity contribution in [1.82, 2.24) is 15.1 Å². The second kappa shape index (κ2) is 9.76. The standard InChI is InChI=1S/C19H24Cl2N4O2/c1-4-7-25(19(27)17-10-14(23-24-17)8-12(2)3)11-18(26)22-16-6-5-13(20)9-15(16)21/h5-6,9-10,12H,4,7-8,11H2,1-3H3,(H,22,26)(H,23,24). The van der Waals surface area contributed by atoms with Crippen LogP contribution in [-0.2, 0) is 11.2 Å². The zero-order valence-electron chi connectivity index (χ0n) is 15.7. The summed E-state index contributed by atoms with van der Waals surface area (Å²) >= 11 is 11.9. The molecule has 8 heteroatoms. The maximum atomic E-state index is 12.8. The van der Waals surface area contributed by atoms with E-state index in [0.717, 1.165) is 18.5 Å². The molecule has 2 rings (SSSR count). The molecule has 0 aliphatic heterocycles. The van der Waals surface area contributed by atoms with Crippen molar-refractivity contribution in [2.45, 2.75) is 33.6 Å². The SMILES string of the molecule is CCCN(CC(=O)Nc1ccc(Cl)cc1Cl)C(=O)c1cc(CC(C)C)[nH]n1. The molecule has 0 radical (unpaired) electrons. The van der Waals surface area contributed by atoms with Gasteiger partial charge in [-0.2, -0.15) is 5.10 Å². The largest absolute Gasteiger partial charge is 0.328 e. The first-order valence-electron chi connectivity index (χ1n) is 8.88. The number of hydrogen-bond acceptors (Lipinski definition) is 3. The summed E-state index contributed by atoms with van der Waals surface area (Å²) in [7, 11) is 0. The van der Waals surface area contributed by atoms with Crippen LogP contribution in [0.4, 0.5) is 5.69 Å². The fourth-order valence-electron chi connectivity index (χ4n) is 2.65. The third-order valence-corrected chi connectivity index (χ3v) is 4.35. The topological polar surface area (TPSA) is 78.1 Å². The Balaban J connectivity index is 2.06. The monoisotopic (exact) mass is 410 g/mol. The molecule has 146 valence electrons. The number of carbonyl (C=O) groups is 2. The molecule has 1 aromatic carbocycles. The van der Waals surface area contributed by atoms with E-state index >= 15 is 0 Å². The fraction of sp³-hybridized carbons (Fsp3) is 0.421. The van der Waals surface area contributed by atoms with E-state index in [4.69, 9.17) is 23.2 Å². The fourth-order valence-corrected chi connectivity index (χ4v) is 3.11. The van der Waals surface area contributed by atoms with E-state index < -0.39 is 0 Å². The molecule has 0 unspecified atom stereocenters. The van der Waals surface area contributed by atoms with Gasteiger partial charge >= 0.3 is 0 Å². The number of hydrogen-bond donors (Lipinski definition) is 2. The van der Waals surface area contributed by atoms with E-state index in [1.807, 2.05) is 6.92 Å². The lowest BCUT2D eigenvalue weighted by Gasteiger charge is -2.20. The Hall–Kier alpha value is -2.05. The highest BCUT2D eigenvalue weighted by atomic mass is 35.5. The highest BCUT2D eigenvalue weighted by molar-refractivity contribution is 6.36. The quantitative estimate of drug-likeness (QED) is 0.676. The zero-order valence-corrected chi connectivity index (χ0v) is 17.2. The second-order valence-electron chi connectivity index (χ2n) is 6.78. The third kappa shape index (κ3) is 6.26. The molecule has 0 atom stereocenters.